The summed E-state index contributed by atoms with van der Waals surface area (Å²) in [5, 5.41) is 1.81. The molecule has 1 aromatic carbocycles. The van der Waals surface area contributed by atoms with Gasteiger partial charge in [-0.1, -0.05) is 23.5 Å². The van der Waals surface area contributed by atoms with Crippen molar-refractivity contribution in [1.29, 1.82) is 0 Å². The van der Waals surface area contributed by atoms with Crippen LogP contribution in [-0.2, 0) is 11.3 Å². The minimum atomic E-state index is -0.190. The first-order chi connectivity index (χ1) is 12.1. The third-order valence-corrected chi connectivity index (χ3v) is 5.13. The van der Waals surface area contributed by atoms with Crippen molar-refractivity contribution in [1.82, 2.24) is 9.47 Å². The maximum atomic E-state index is 12.5. The predicted molar refractivity (Wildman–Crippen MR) is 96.5 cm³/mol. The number of ether oxygens (including phenoxy) is 2. The molecule has 0 fully saturated rings. The largest absolute Gasteiger partial charge is 0.486 e. The summed E-state index contributed by atoms with van der Waals surface area (Å²) in [6.45, 7) is 5.72. The molecule has 1 amide bonds. The maximum Gasteiger partial charge on any atom is 0.307 e. The zero-order valence-electron chi connectivity index (χ0n) is 14.4. The SMILES string of the molecule is CCN(CC1COc2ccccc2O1)C(=O)CCn1c(C)csc1=O. The molecule has 0 radical (unpaired) electrons. The molecule has 3 rings (SSSR count). The number of aryl methyl sites for hydroxylation is 1. The standard InChI is InChI=1S/C18H22N2O4S/c1-3-19(17(21)8-9-20-13(2)12-25-18(20)22)10-14-11-23-15-6-4-5-7-16(15)24-14/h4-7,12,14H,3,8-11H2,1-2H3. The molecule has 0 saturated heterocycles. The van der Waals surface area contributed by atoms with Gasteiger partial charge in [0.05, 0.1) is 6.54 Å². The van der Waals surface area contributed by atoms with Crippen LogP contribution in [0.3, 0.4) is 0 Å². The molecule has 1 aromatic heterocycles. The van der Waals surface area contributed by atoms with E-state index in [1.165, 1.54) is 0 Å². The molecule has 134 valence electrons. The van der Waals surface area contributed by atoms with Gasteiger partial charge in [0.2, 0.25) is 5.91 Å². The molecule has 0 bridgehead atoms. The van der Waals surface area contributed by atoms with Crippen LogP contribution in [0.15, 0.2) is 34.4 Å². The lowest BCUT2D eigenvalue weighted by atomic mass is 10.2. The van der Waals surface area contributed by atoms with Crippen LogP contribution in [0.1, 0.15) is 19.0 Å². The molecule has 0 saturated carbocycles. The van der Waals surface area contributed by atoms with Crippen molar-refractivity contribution in [3.63, 3.8) is 0 Å². The smallest absolute Gasteiger partial charge is 0.307 e. The van der Waals surface area contributed by atoms with Gasteiger partial charge in [0, 0.05) is 30.6 Å². The van der Waals surface area contributed by atoms with E-state index in [0.29, 0.717) is 38.4 Å². The van der Waals surface area contributed by atoms with E-state index >= 15 is 0 Å². The first kappa shape index (κ1) is 17.5. The number of hydrogen-bond acceptors (Lipinski definition) is 5. The van der Waals surface area contributed by atoms with Gasteiger partial charge in [-0.3, -0.25) is 9.59 Å². The lowest BCUT2D eigenvalue weighted by molar-refractivity contribution is -0.132. The number of carbonyl (C=O) groups is 1. The van der Waals surface area contributed by atoms with E-state index in [4.69, 9.17) is 9.47 Å². The van der Waals surface area contributed by atoms with Crippen LogP contribution in [0.25, 0.3) is 0 Å². The van der Waals surface area contributed by atoms with Crippen molar-refractivity contribution in [2.24, 2.45) is 0 Å². The molecule has 2 heterocycles. The number of thiazole rings is 1. The Morgan fingerprint density at radius 1 is 1.36 bits per heavy atom. The van der Waals surface area contributed by atoms with Gasteiger partial charge in [0.1, 0.15) is 6.61 Å². The molecule has 25 heavy (non-hydrogen) atoms. The number of fused-ring (bicyclic) bond motifs is 1. The summed E-state index contributed by atoms with van der Waals surface area (Å²) < 4.78 is 13.3. The average molecular weight is 362 g/mol. The van der Waals surface area contributed by atoms with Crippen molar-refractivity contribution < 1.29 is 14.3 Å². The highest BCUT2D eigenvalue weighted by Gasteiger charge is 2.24. The third kappa shape index (κ3) is 4.04. The third-order valence-electron chi connectivity index (χ3n) is 4.25. The second kappa shape index (κ2) is 7.74. The van der Waals surface area contributed by atoms with Gasteiger partial charge < -0.3 is 18.9 Å². The Morgan fingerprint density at radius 2 is 2.12 bits per heavy atom. The summed E-state index contributed by atoms with van der Waals surface area (Å²) in [6, 6.07) is 7.54. The average Bonchev–Trinajstić information content (AvgIpc) is 2.95. The first-order valence-corrected chi connectivity index (χ1v) is 9.27. The number of rotatable bonds is 6. The molecule has 2 aromatic rings. The molecule has 6 nitrogen and oxygen atoms in total. The van der Waals surface area contributed by atoms with Gasteiger partial charge in [0.15, 0.2) is 17.6 Å². The number of amides is 1. The number of hydrogen-bond donors (Lipinski definition) is 0. The van der Waals surface area contributed by atoms with Crippen LogP contribution in [0.5, 0.6) is 11.5 Å². The summed E-state index contributed by atoms with van der Waals surface area (Å²) in [5.41, 5.74) is 0.895. The van der Waals surface area contributed by atoms with E-state index in [0.717, 1.165) is 22.8 Å². The van der Waals surface area contributed by atoms with E-state index in [1.807, 2.05) is 43.5 Å². The number of para-hydroxylation sites is 2. The van der Waals surface area contributed by atoms with Gasteiger partial charge in [-0.05, 0) is 26.0 Å². The normalized spacial score (nSPS) is 15.8. The van der Waals surface area contributed by atoms with Gasteiger partial charge in [-0.2, -0.15) is 0 Å². The Balaban J connectivity index is 1.57. The van der Waals surface area contributed by atoms with Crippen molar-refractivity contribution >= 4 is 17.2 Å². The highest BCUT2D eigenvalue weighted by Crippen LogP contribution is 2.31. The van der Waals surface area contributed by atoms with Crippen LogP contribution < -0.4 is 14.3 Å². The van der Waals surface area contributed by atoms with Crippen molar-refractivity contribution in [3.05, 3.63) is 45.0 Å². The summed E-state index contributed by atoms with van der Waals surface area (Å²) in [5.74, 6) is 1.46. The van der Waals surface area contributed by atoms with E-state index in [1.54, 1.807) is 9.47 Å². The Kier molecular flexibility index (Phi) is 5.43. The minimum Gasteiger partial charge on any atom is -0.486 e. The van der Waals surface area contributed by atoms with E-state index in [2.05, 4.69) is 0 Å². The Hall–Kier alpha value is -2.28. The number of aromatic nitrogens is 1. The highest BCUT2D eigenvalue weighted by atomic mass is 32.1. The summed E-state index contributed by atoms with van der Waals surface area (Å²) >= 11 is 1.16. The molecule has 1 unspecified atom stereocenters. The van der Waals surface area contributed by atoms with Gasteiger partial charge >= 0.3 is 4.87 Å². The van der Waals surface area contributed by atoms with Crippen molar-refractivity contribution in [3.8, 4) is 11.5 Å². The number of carbonyl (C=O) groups excluding carboxylic acids is 1. The highest BCUT2D eigenvalue weighted by molar-refractivity contribution is 7.07. The van der Waals surface area contributed by atoms with Crippen molar-refractivity contribution in [2.75, 3.05) is 19.7 Å². The molecule has 1 aliphatic rings. The quantitative estimate of drug-likeness (QED) is 0.791. The Bertz CT molecular complexity index is 798. The van der Waals surface area contributed by atoms with Crippen LogP contribution in [0.4, 0.5) is 0 Å². The van der Waals surface area contributed by atoms with Gasteiger partial charge in [0.25, 0.3) is 0 Å². The molecule has 0 spiro atoms. The maximum absolute atomic E-state index is 12.5. The zero-order chi connectivity index (χ0) is 17.8. The Labute approximate surface area is 150 Å². The summed E-state index contributed by atoms with van der Waals surface area (Å²) in [7, 11) is 0. The number of likely N-dealkylation sites (N-methyl/N-ethyl adjacent to an activating group) is 1. The molecular weight excluding hydrogens is 340 g/mol. The van der Waals surface area contributed by atoms with Crippen LogP contribution in [0.2, 0.25) is 0 Å². The minimum absolute atomic E-state index is 0.0162. The number of benzene rings is 1. The van der Waals surface area contributed by atoms with Crippen LogP contribution in [0, 0.1) is 6.92 Å². The van der Waals surface area contributed by atoms with Gasteiger partial charge in [-0.15, -0.1) is 0 Å². The molecule has 7 heteroatoms. The fourth-order valence-electron chi connectivity index (χ4n) is 2.85. The predicted octanol–water partition coefficient (Wildman–Crippen LogP) is 2.30. The first-order valence-electron chi connectivity index (χ1n) is 8.39. The molecule has 1 atom stereocenters. The molecule has 1 aliphatic heterocycles. The van der Waals surface area contributed by atoms with E-state index in [9.17, 15) is 9.59 Å². The molecule has 0 N–H and O–H groups in total. The second-order valence-electron chi connectivity index (χ2n) is 5.97. The number of nitrogens with zero attached hydrogens (tertiary/aromatic N) is 2. The lowest BCUT2D eigenvalue weighted by Crippen LogP contribution is -2.43. The van der Waals surface area contributed by atoms with E-state index in [-0.39, 0.29) is 16.9 Å². The topological polar surface area (TPSA) is 60.8 Å². The van der Waals surface area contributed by atoms with Crippen molar-refractivity contribution in [2.45, 2.75) is 32.9 Å². The van der Waals surface area contributed by atoms with E-state index < -0.39 is 0 Å². The van der Waals surface area contributed by atoms with Crippen LogP contribution in [-0.4, -0.2) is 41.2 Å². The summed E-state index contributed by atoms with van der Waals surface area (Å²) in [6.07, 6.45) is 0.111. The Morgan fingerprint density at radius 3 is 2.80 bits per heavy atom. The lowest BCUT2D eigenvalue weighted by Gasteiger charge is -2.31. The summed E-state index contributed by atoms with van der Waals surface area (Å²) in [4.78, 5) is 26.0. The molecular formula is C18H22N2O4S. The zero-order valence-corrected chi connectivity index (χ0v) is 15.3. The fourth-order valence-corrected chi connectivity index (χ4v) is 3.61. The monoisotopic (exact) mass is 362 g/mol. The molecule has 0 aliphatic carbocycles. The van der Waals surface area contributed by atoms with Gasteiger partial charge in [-0.25, -0.2) is 0 Å². The second-order valence-corrected chi connectivity index (χ2v) is 6.80. The fraction of sp³-hybridized carbons (Fsp3) is 0.444. The van der Waals surface area contributed by atoms with Crippen LogP contribution >= 0.6 is 11.3 Å².